The van der Waals surface area contributed by atoms with Crippen LogP contribution in [0.2, 0.25) is 0 Å². The molecule has 0 fully saturated rings. The first-order valence-electron chi connectivity index (χ1n) is 14.2. The third kappa shape index (κ3) is 3.71. The number of furan rings is 1. The van der Waals surface area contributed by atoms with Crippen LogP contribution in [0.5, 0.6) is 0 Å². The van der Waals surface area contributed by atoms with E-state index in [-0.39, 0.29) is 11.2 Å². The molecular weight excluding hydrogens is 585 g/mol. The van der Waals surface area contributed by atoms with E-state index in [0.717, 1.165) is 64.4 Å². The second-order valence-corrected chi connectivity index (χ2v) is 13.5. The molecule has 0 N–H and O–H groups in total. The molecule has 0 radical (unpaired) electrons. The van der Waals surface area contributed by atoms with Crippen molar-refractivity contribution in [1.82, 2.24) is 0 Å². The van der Waals surface area contributed by atoms with E-state index in [1.54, 1.807) is 35.6 Å². The van der Waals surface area contributed by atoms with Crippen molar-refractivity contribution in [2.24, 2.45) is 0 Å². The molecule has 6 heteroatoms. The van der Waals surface area contributed by atoms with Crippen LogP contribution < -0.4 is 5.43 Å². The second-order valence-electron chi connectivity index (χ2n) is 11.0. The Morgan fingerprint density at radius 1 is 0.500 bits per heavy atom. The number of carbonyl (C=O) groups excluding carboxylic acids is 1. The topological polar surface area (TPSA) is 64.3 Å². The summed E-state index contributed by atoms with van der Waals surface area (Å²) in [5.41, 5.74) is 6.38. The Morgan fingerprint density at radius 3 is 1.84 bits per heavy atom. The van der Waals surface area contributed by atoms with Crippen molar-refractivity contribution in [2.75, 3.05) is 0 Å². The molecule has 4 nitrogen and oxygen atoms in total. The van der Waals surface area contributed by atoms with Crippen LogP contribution in [-0.2, 0) is 10.8 Å². The van der Waals surface area contributed by atoms with E-state index in [0.29, 0.717) is 20.9 Å². The zero-order chi connectivity index (χ0) is 29.5. The lowest BCUT2D eigenvalue weighted by Crippen LogP contribution is -2.16. The molecule has 9 rings (SSSR count). The van der Waals surface area contributed by atoms with E-state index in [1.807, 2.05) is 78.9 Å². The van der Waals surface area contributed by atoms with Gasteiger partial charge in [0.25, 0.3) is 0 Å². The highest BCUT2D eigenvalue weighted by atomic mass is 32.2. The first kappa shape index (κ1) is 25.3. The minimum atomic E-state index is -1.43. The molecule has 1 aliphatic heterocycles. The van der Waals surface area contributed by atoms with Crippen LogP contribution in [-0.4, -0.2) is 9.99 Å². The Labute approximate surface area is 257 Å². The maximum absolute atomic E-state index is 13.4. The molecule has 0 aliphatic carbocycles. The van der Waals surface area contributed by atoms with Gasteiger partial charge in [0.2, 0.25) is 0 Å². The molecule has 44 heavy (non-hydrogen) atoms. The lowest BCUT2D eigenvalue weighted by Gasteiger charge is -2.18. The third-order valence-electron chi connectivity index (χ3n) is 8.48. The van der Waals surface area contributed by atoms with Crippen LogP contribution in [0.25, 0.3) is 64.4 Å². The van der Waals surface area contributed by atoms with Gasteiger partial charge in [-0.05, 0) is 95.1 Å². The molecule has 0 bridgehead atoms. The quantitative estimate of drug-likeness (QED) is 0.185. The van der Waals surface area contributed by atoms with Gasteiger partial charge in [-0.1, -0.05) is 48.5 Å². The highest BCUT2D eigenvalue weighted by Crippen LogP contribution is 2.38. The van der Waals surface area contributed by atoms with E-state index in [9.17, 15) is 13.8 Å². The highest BCUT2D eigenvalue weighted by molar-refractivity contribution is 7.85. The van der Waals surface area contributed by atoms with Gasteiger partial charge in [-0.3, -0.25) is 9.59 Å². The number of ketones is 1. The first-order valence-corrected chi connectivity index (χ1v) is 16.1. The standard InChI is InChI=1S/C38H20O4S2/c39-37-27-5-1-3-7-33(27)43-34-19-23(11-15-28(34)37)21-9-13-25-26-14-10-22(18-32(26)42-31(25)17-21)24-12-16-30-36(20-24)44(41)35-8-4-2-6-29(35)38(30)40/h1-20H. The molecular formula is C38H20O4S2. The summed E-state index contributed by atoms with van der Waals surface area (Å²) in [6, 6.07) is 38.7. The zero-order valence-corrected chi connectivity index (χ0v) is 24.6. The molecule has 6 aromatic carbocycles. The van der Waals surface area contributed by atoms with Crippen molar-refractivity contribution in [1.29, 1.82) is 0 Å². The van der Waals surface area contributed by atoms with Gasteiger partial charge in [0, 0.05) is 42.1 Å². The number of benzene rings is 6. The fourth-order valence-electron chi connectivity index (χ4n) is 6.24. The second kappa shape index (κ2) is 9.41. The Morgan fingerprint density at radius 2 is 1.07 bits per heavy atom. The number of hydrogen-bond acceptors (Lipinski definition) is 5. The van der Waals surface area contributed by atoms with Crippen LogP contribution in [0.15, 0.2) is 140 Å². The van der Waals surface area contributed by atoms with Gasteiger partial charge in [-0.15, -0.1) is 11.3 Å². The van der Waals surface area contributed by atoms with E-state index >= 15 is 0 Å². The van der Waals surface area contributed by atoms with Gasteiger partial charge in [-0.25, -0.2) is 4.21 Å². The van der Waals surface area contributed by atoms with Crippen LogP contribution in [0.3, 0.4) is 0 Å². The van der Waals surface area contributed by atoms with Crippen molar-refractivity contribution in [3.05, 3.63) is 143 Å². The molecule has 3 heterocycles. The lowest BCUT2D eigenvalue weighted by molar-refractivity contribution is 0.103. The smallest absolute Gasteiger partial charge is 0.195 e. The zero-order valence-electron chi connectivity index (χ0n) is 23.0. The lowest BCUT2D eigenvalue weighted by atomic mass is 9.98. The molecule has 8 aromatic rings. The van der Waals surface area contributed by atoms with Crippen molar-refractivity contribution < 1.29 is 13.4 Å². The van der Waals surface area contributed by atoms with Gasteiger partial charge < -0.3 is 4.42 Å². The van der Waals surface area contributed by atoms with Crippen molar-refractivity contribution in [3.8, 4) is 22.3 Å². The summed E-state index contributed by atoms with van der Waals surface area (Å²) in [6.45, 7) is 0. The minimum Gasteiger partial charge on any atom is -0.456 e. The molecule has 1 atom stereocenters. The van der Waals surface area contributed by atoms with Crippen molar-refractivity contribution >= 4 is 70.0 Å². The molecule has 0 amide bonds. The minimum absolute atomic E-state index is 0.0611. The molecule has 1 unspecified atom stereocenters. The number of carbonyl (C=O) groups is 1. The van der Waals surface area contributed by atoms with E-state index in [1.165, 1.54) is 0 Å². The molecule has 0 saturated heterocycles. The van der Waals surface area contributed by atoms with Crippen LogP contribution >= 0.6 is 11.3 Å². The van der Waals surface area contributed by atoms with Gasteiger partial charge >= 0.3 is 0 Å². The Hall–Kier alpha value is -5.17. The summed E-state index contributed by atoms with van der Waals surface area (Å²) in [6.07, 6.45) is 0. The number of fused-ring (bicyclic) bond motifs is 7. The van der Waals surface area contributed by atoms with Gasteiger partial charge in [0.05, 0.1) is 20.6 Å². The van der Waals surface area contributed by atoms with Crippen LogP contribution in [0.4, 0.5) is 0 Å². The predicted molar refractivity (Wildman–Crippen MR) is 178 cm³/mol. The molecule has 2 aromatic heterocycles. The summed E-state index contributed by atoms with van der Waals surface area (Å²) in [4.78, 5) is 27.2. The average Bonchev–Trinajstić information content (AvgIpc) is 3.44. The predicted octanol–water partition coefficient (Wildman–Crippen LogP) is 9.36. The summed E-state index contributed by atoms with van der Waals surface area (Å²) < 4.78 is 21.7. The van der Waals surface area contributed by atoms with Crippen LogP contribution in [0.1, 0.15) is 15.9 Å². The van der Waals surface area contributed by atoms with Gasteiger partial charge in [-0.2, -0.15) is 0 Å². The monoisotopic (exact) mass is 604 g/mol. The molecule has 0 spiro atoms. The van der Waals surface area contributed by atoms with Crippen LogP contribution in [0, 0.1) is 0 Å². The van der Waals surface area contributed by atoms with Crippen molar-refractivity contribution in [2.45, 2.75) is 9.79 Å². The fourth-order valence-corrected chi connectivity index (χ4v) is 8.74. The van der Waals surface area contributed by atoms with E-state index < -0.39 is 10.8 Å². The van der Waals surface area contributed by atoms with Gasteiger partial charge in [0.1, 0.15) is 11.2 Å². The van der Waals surface area contributed by atoms with E-state index in [4.69, 9.17) is 4.42 Å². The maximum atomic E-state index is 13.4. The summed E-state index contributed by atoms with van der Waals surface area (Å²) in [5, 5.41) is 3.50. The summed E-state index contributed by atoms with van der Waals surface area (Å²) in [5.74, 6) is -0.0979. The molecule has 0 saturated carbocycles. The maximum Gasteiger partial charge on any atom is 0.195 e. The SMILES string of the molecule is O=C1c2ccccc2S(=O)c2cc(-c3ccc4c(c3)oc3cc(-c5ccc6c(=O)c7ccccc7sc6c5)ccc34)ccc21. The third-order valence-corrected chi connectivity index (χ3v) is 11.1. The first-order chi connectivity index (χ1) is 21.5. The summed E-state index contributed by atoms with van der Waals surface area (Å²) in [7, 11) is -1.43. The molecule has 208 valence electrons. The molecule has 1 aliphatic rings. The summed E-state index contributed by atoms with van der Waals surface area (Å²) >= 11 is 1.63. The Balaban J connectivity index is 1.11. The number of hydrogen-bond donors (Lipinski definition) is 0. The average molecular weight is 605 g/mol. The number of rotatable bonds is 2. The Bertz CT molecular complexity index is 2630. The van der Waals surface area contributed by atoms with E-state index in [2.05, 4.69) is 18.2 Å². The highest BCUT2D eigenvalue weighted by Gasteiger charge is 2.28. The largest absolute Gasteiger partial charge is 0.456 e. The Kier molecular flexibility index (Phi) is 5.42. The normalized spacial score (nSPS) is 14.4. The van der Waals surface area contributed by atoms with Crippen molar-refractivity contribution in [3.63, 3.8) is 0 Å². The fraction of sp³-hybridized carbons (Fsp3) is 0. The van der Waals surface area contributed by atoms with Gasteiger partial charge in [0.15, 0.2) is 11.2 Å².